The minimum Gasteiger partial charge on any atom is -0.497 e. The first-order valence-electron chi connectivity index (χ1n) is 11.4. The monoisotopic (exact) mass is 540 g/mol. The number of benzene rings is 1. The molecule has 1 aromatic carbocycles. The van der Waals surface area contributed by atoms with Gasteiger partial charge in [0.05, 0.1) is 31.8 Å². The van der Waals surface area contributed by atoms with Crippen LogP contribution in [-0.4, -0.2) is 83.7 Å². The lowest BCUT2D eigenvalue weighted by Gasteiger charge is -2.29. The molecule has 0 aliphatic carbocycles. The molecule has 0 fully saturated rings. The topological polar surface area (TPSA) is 124 Å². The van der Waals surface area contributed by atoms with Crippen molar-refractivity contribution in [1.29, 1.82) is 0 Å². The van der Waals surface area contributed by atoms with Crippen molar-refractivity contribution in [2.24, 2.45) is 0 Å². The van der Waals surface area contributed by atoms with E-state index in [1.54, 1.807) is 36.7 Å². The highest BCUT2D eigenvalue weighted by Gasteiger charge is 2.30. The lowest BCUT2D eigenvalue weighted by atomic mass is 9.95. The molecular formula is C24H32N2O8S2. The molecule has 12 heteroatoms. The summed E-state index contributed by atoms with van der Waals surface area (Å²) in [5.41, 5.74) is 1.04. The van der Waals surface area contributed by atoms with Crippen LogP contribution in [0.1, 0.15) is 17.9 Å². The van der Waals surface area contributed by atoms with Gasteiger partial charge in [-0.2, -0.15) is 15.6 Å². The molecule has 1 aromatic heterocycles. The number of aliphatic hydroxyl groups is 1. The summed E-state index contributed by atoms with van der Waals surface area (Å²) in [6.45, 7) is 0.282. The summed E-state index contributed by atoms with van der Waals surface area (Å²) in [7, 11) is -0.815. The van der Waals surface area contributed by atoms with E-state index < -0.39 is 16.3 Å². The molecule has 1 amide bonds. The Kier molecular flexibility index (Phi) is 10.7. The van der Waals surface area contributed by atoms with E-state index in [9.17, 15) is 18.3 Å². The molecule has 36 heavy (non-hydrogen) atoms. The third-order valence-corrected chi connectivity index (χ3v) is 8.15. The summed E-state index contributed by atoms with van der Waals surface area (Å²) in [4.78, 5) is 12.7. The van der Waals surface area contributed by atoms with Crippen molar-refractivity contribution in [2.75, 3.05) is 53.7 Å². The predicted octanol–water partition coefficient (Wildman–Crippen LogP) is 1.93. The number of rotatable bonds is 14. The molecule has 1 aliphatic rings. The molecule has 0 radical (unpaired) electrons. The summed E-state index contributed by atoms with van der Waals surface area (Å²) in [5, 5.41) is 16.2. The maximum atomic E-state index is 13.1. The third-order valence-electron chi connectivity index (χ3n) is 5.54. The van der Waals surface area contributed by atoms with Gasteiger partial charge in [0.15, 0.2) is 5.76 Å². The maximum absolute atomic E-state index is 13.1. The van der Waals surface area contributed by atoms with E-state index in [1.807, 2.05) is 16.8 Å². The molecule has 2 heterocycles. The fourth-order valence-electron chi connectivity index (χ4n) is 3.64. The number of carbonyl (C=O) groups excluding carboxylic acids is 1. The average molecular weight is 541 g/mol. The second-order valence-electron chi connectivity index (χ2n) is 7.90. The van der Waals surface area contributed by atoms with E-state index in [4.69, 9.17) is 18.9 Å². The number of allylic oxidation sites excluding steroid dienone is 1. The van der Waals surface area contributed by atoms with Crippen molar-refractivity contribution in [3.05, 3.63) is 58.5 Å². The zero-order valence-corrected chi connectivity index (χ0v) is 21.9. The Bertz CT molecular complexity index is 1090. The SMILES string of the molecule is COCCNC(=O)C1=C[C@H](c2ccsc2)C[C@H](OCCN(CCO)S(=O)(=O)c2ccc(OC)cc2)O1. The van der Waals surface area contributed by atoms with Crippen LogP contribution in [0.5, 0.6) is 5.75 Å². The van der Waals surface area contributed by atoms with Crippen LogP contribution in [-0.2, 0) is 29.0 Å². The van der Waals surface area contributed by atoms with Crippen LogP contribution in [0.2, 0.25) is 0 Å². The van der Waals surface area contributed by atoms with Gasteiger partial charge in [-0.1, -0.05) is 0 Å². The molecule has 0 spiro atoms. The van der Waals surface area contributed by atoms with Crippen LogP contribution < -0.4 is 10.1 Å². The Balaban J connectivity index is 1.66. The smallest absolute Gasteiger partial charge is 0.286 e. The third kappa shape index (κ3) is 7.51. The summed E-state index contributed by atoms with van der Waals surface area (Å²) in [6.07, 6.45) is 1.50. The number of carbonyl (C=O) groups is 1. The summed E-state index contributed by atoms with van der Waals surface area (Å²) >= 11 is 1.56. The number of thiophene rings is 1. The molecule has 2 aromatic rings. The van der Waals surface area contributed by atoms with Crippen LogP contribution in [0.3, 0.4) is 0 Å². The molecule has 2 N–H and O–H groups in total. The summed E-state index contributed by atoms with van der Waals surface area (Å²) in [5.74, 6) is 0.228. The number of sulfonamides is 1. The van der Waals surface area contributed by atoms with E-state index in [-0.39, 0.29) is 48.8 Å². The Morgan fingerprint density at radius 2 is 1.97 bits per heavy atom. The zero-order chi connectivity index (χ0) is 26.0. The van der Waals surface area contributed by atoms with Crippen LogP contribution in [0.15, 0.2) is 57.8 Å². The zero-order valence-electron chi connectivity index (χ0n) is 20.3. The number of methoxy groups -OCH3 is 2. The maximum Gasteiger partial charge on any atom is 0.286 e. The number of amides is 1. The van der Waals surface area contributed by atoms with Gasteiger partial charge in [-0.05, 0) is 52.7 Å². The molecule has 10 nitrogen and oxygen atoms in total. The van der Waals surface area contributed by atoms with Gasteiger partial charge in [-0.15, -0.1) is 0 Å². The van der Waals surface area contributed by atoms with Gasteiger partial charge in [0.25, 0.3) is 5.91 Å². The van der Waals surface area contributed by atoms with Crippen LogP contribution in [0, 0.1) is 0 Å². The Morgan fingerprint density at radius 3 is 2.61 bits per heavy atom. The second-order valence-corrected chi connectivity index (χ2v) is 10.6. The first kappa shape index (κ1) is 28.1. The summed E-state index contributed by atoms with van der Waals surface area (Å²) in [6, 6.07) is 8.01. The molecule has 3 rings (SSSR count). The normalized spacial score (nSPS) is 17.9. The van der Waals surface area contributed by atoms with Crippen molar-refractivity contribution in [2.45, 2.75) is 23.5 Å². The lowest BCUT2D eigenvalue weighted by molar-refractivity contribution is -0.146. The lowest BCUT2D eigenvalue weighted by Crippen LogP contribution is -2.38. The van der Waals surface area contributed by atoms with Crippen LogP contribution >= 0.6 is 11.3 Å². The minimum atomic E-state index is -3.86. The van der Waals surface area contributed by atoms with Crippen LogP contribution in [0.25, 0.3) is 0 Å². The van der Waals surface area contributed by atoms with Crippen molar-refractivity contribution in [3.63, 3.8) is 0 Å². The fourth-order valence-corrected chi connectivity index (χ4v) is 5.78. The number of hydrogen-bond acceptors (Lipinski definition) is 9. The van der Waals surface area contributed by atoms with Crippen molar-refractivity contribution in [1.82, 2.24) is 9.62 Å². The van der Waals surface area contributed by atoms with Gasteiger partial charge >= 0.3 is 0 Å². The number of ether oxygens (including phenoxy) is 4. The molecular weight excluding hydrogens is 508 g/mol. The second kappa shape index (κ2) is 13.7. The highest BCUT2D eigenvalue weighted by molar-refractivity contribution is 7.89. The molecule has 1 aliphatic heterocycles. The predicted molar refractivity (Wildman–Crippen MR) is 134 cm³/mol. The number of nitrogens with one attached hydrogen (secondary N) is 1. The molecule has 0 saturated heterocycles. The Hall–Kier alpha value is -2.48. The van der Waals surface area contributed by atoms with Crippen molar-refractivity contribution >= 4 is 27.3 Å². The highest BCUT2D eigenvalue weighted by Crippen LogP contribution is 2.32. The Labute approximate surface area is 215 Å². The van der Waals surface area contributed by atoms with Crippen molar-refractivity contribution < 1.29 is 37.3 Å². The van der Waals surface area contributed by atoms with Gasteiger partial charge in [0.1, 0.15) is 5.75 Å². The molecule has 0 saturated carbocycles. The molecule has 2 atom stereocenters. The molecule has 0 bridgehead atoms. The van der Waals surface area contributed by atoms with Crippen molar-refractivity contribution in [3.8, 4) is 5.75 Å². The quantitative estimate of drug-likeness (QED) is 0.349. The van der Waals surface area contributed by atoms with Gasteiger partial charge in [0.2, 0.25) is 16.3 Å². The largest absolute Gasteiger partial charge is 0.497 e. The summed E-state index contributed by atoms with van der Waals surface area (Å²) < 4.78 is 49.1. The first-order valence-corrected chi connectivity index (χ1v) is 13.8. The van der Waals surface area contributed by atoms with Gasteiger partial charge in [-0.25, -0.2) is 8.42 Å². The van der Waals surface area contributed by atoms with E-state index in [1.165, 1.54) is 19.2 Å². The fraction of sp³-hybridized carbons (Fsp3) is 0.458. The van der Waals surface area contributed by atoms with E-state index >= 15 is 0 Å². The van der Waals surface area contributed by atoms with Gasteiger partial charge in [0, 0.05) is 39.1 Å². The van der Waals surface area contributed by atoms with E-state index in [0.29, 0.717) is 25.3 Å². The highest BCUT2D eigenvalue weighted by atomic mass is 32.2. The first-order chi connectivity index (χ1) is 17.4. The Morgan fingerprint density at radius 1 is 1.19 bits per heavy atom. The number of hydrogen-bond donors (Lipinski definition) is 2. The standard InChI is InChI=1S/C24H32N2O8S2/c1-31-12-8-25-24(28)22-15-19(18-7-14-35-17-18)16-23(34-22)33-13-10-26(9-11-27)36(29,30)21-5-3-20(32-2)4-6-21/h3-7,14-15,17,19,23,27H,8-13,16H2,1-2H3,(H,25,28)/t19-,23+/m0/s1. The number of aliphatic hydroxyl groups excluding tert-OH is 1. The van der Waals surface area contributed by atoms with Crippen LogP contribution in [0.4, 0.5) is 0 Å². The minimum absolute atomic E-state index is 0.00299. The van der Waals surface area contributed by atoms with E-state index in [0.717, 1.165) is 9.87 Å². The van der Waals surface area contributed by atoms with E-state index in [2.05, 4.69) is 5.32 Å². The molecule has 0 unspecified atom stereocenters. The molecule has 198 valence electrons. The average Bonchev–Trinajstić information content (AvgIpc) is 3.43. The number of nitrogens with zero attached hydrogens (tertiary/aromatic N) is 1. The van der Waals surface area contributed by atoms with Gasteiger partial charge in [-0.3, -0.25) is 4.79 Å². The van der Waals surface area contributed by atoms with Gasteiger partial charge < -0.3 is 29.4 Å².